The summed E-state index contributed by atoms with van der Waals surface area (Å²) in [6, 6.07) is 7.11. The Balaban J connectivity index is 2.22. The second-order valence-electron chi connectivity index (χ2n) is 5.14. The van der Waals surface area contributed by atoms with Crippen LogP contribution in [0.4, 0.5) is 11.4 Å². The van der Waals surface area contributed by atoms with Gasteiger partial charge >= 0.3 is 0 Å². The zero-order chi connectivity index (χ0) is 15.7. The predicted molar refractivity (Wildman–Crippen MR) is 82.7 cm³/mol. The second-order valence-corrected chi connectivity index (χ2v) is 5.14. The van der Waals surface area contributed by atoms with Crippen molar-refractivity contribution in [2.75, 3.05) is 11.4 Å². The third kappa shape index (κ3) is 2.32. The molecule has 0 fully saturated rings. The quantitative estimate of drug-likeness (QED) is 0.644. The Morgan fingerprint density at radius 1 is 1.32 bits per heavy atom. The third-order valence-corrected chi connectivity index (χ3v) is 3.86. The molecule has 0 saturated heterocycles. The van der Waals surface area contributed by atoms with E-state index in [0.29, 0.717) is 25.1 Å². The predicted octanol–water partition coefficient (Wildman–Crippen LogP) is 2.96. The van der Waals surface area contributed by atoms with Crippen molar-refractivity contribution < 1.29 is 9.72 Å². The van der Waals surface area contributed by atoms with Crippen molar-refractivity contribution in [3.63, 3.8) is 0 Å². The van der Waals surface area contributed by atoms with Crippen molar-refractivity contribution in [2.45, 2.75) is 19.8 Å². The van der Waals surface area contributed by atoms with Gasteiger partial charge in [0.25, 0.3) is 5.69 Å². The van der Waals surface area contributed by atoms with Crippen LogP contribution < -0.4 is 4.90 Å². The van der Waals surface area contributed by atoms with Gasteiger partial charge in [-0.05, 0) is 36.6 Å². The number of amides is 1. The number of nitro groups is 1. The number of nitrogens with zero attached hydrogens (tertiary/aromatic N) is 3. The Hall–Kier alpha value is -2.76. The van der Waals surface area contributed by atoms with Crippen molar-refractivity contribution in [3.05, 3.63) is 52.3 Å². The molecule has 0 atom stereocenters. The summed E-state index contributed by atoms with van der Waals surface area (Å²) >= 11 is 0. The number of fused-ring (bicyclic) bond motifs is 1. The normalized spacial score (nSPS) is 13.9. The molecule has 2 aromatic rings. The Morgan fingerprint density at radius 3 is 2.77 bits per heavy atom. The summed E-state index contributed by atoms with van der Waals surface area (Å²) in [5, 5.41) is 11.5. The highest BCUT2D eigenvalue weighted by Crippen LogP contribution is 2.39. The zero-order valence-electron chi connectivity index (χ0n) is 12.2. The molecular formula is C16H15N3O3. The molecular weight excluding hydrogens is 282 g/mol. The Labute approximate surface area is 127 Å². The van der Waals surface area contributed by atoms with E-state index in [2.05, 4.69) is 4.98 Å². The number of carbonyl (C=O) groups is 1. The summed E-state index contributed by atoms with van der Waals surface area (Å²) < 4.78 is 0. The average molecular weight is 297 g/mol. The summed E-state index contributed by atoms with van der Waals surface area (Å²) in [4.78, 5) is 28.6. The van der Waals surface area contributed by atoms with Gasteiger partial charge in [-0.2, -0.15) is 0 Å². The summed E-state index contributed by atoms with van der Waals surface area (Å²) in [6.07, 6.45) is 4.25. The van der Waals surface area contributed by atoms with Crippen LogP contribution in [0.2, 0.25) is 0 Å². The Bertz CT molecular complexity index is 744. The van der Waals surface area contributed by atoms with E-state index >= 15 is 0 Å². The summed E-state index contributed by atoms with van der Waals surface area (Å²) in [6.45, 7) is 2.25. The lowest BCUT2D eigenvalue weighted by molar-refractivity contribution is -0.384. The first-order valence-electron chi connectivity index (χ1n) is 7.14. The smallest absolute Gasteiger partial charge is 0.293 e. The number of hydrogen-bond donors (Lipinski definition) is 0. The lowest BCUT2D eigenvalue weighted by Gasteiger charge is -2.28. The van der Waals surface area contributed by atoms with Crippen LogP contribution in [0.5, 0.6) is 0 Å². The van der Waals surface area contributed by atoms with Crippen LogP contribution in [0.1, 0.15) is 18.9 Å². The second kappa shape index (κ2) is 5.55. The fraction of sp³-hybridized carbons (Fsp3) is 0.250. The molecule has 1 aliphatic heterocycles. The molecule has 0 bridgehead atoms. The highest BCUT2D eigenvalue weighted by Gasteiger charge is 2.31. The first kappa shape index (κ1) is 14.2. The van der Waals surface area contributed by atoms with Crippen LogP contribution in [0, 0.1) is 10.1 Å². The Morgan fingerprint density at radius 2 is 2.14 bits per heavy atom. The number of pyridine rings is 1. The number of aryl methyl sites for hydroxylation is 1. The number of hydrogen-bond acceptors (Lipinski definition) is 4. The van der Waals surface area contributed by atoms with Gasteiger partial charge in [0.15, 0.2) is 0 Å². The lowest BCUT2D eigenvalue weighted by atomic mass is 9.95. The van der Waals surface area contributed by atoms with E-state index in [0.717, 1.165) is 16.7 Å². The first-order valence-corrected chi connectivity index (χ1v) is 7.14. The topological polar surface area (TPSA) is 76.3 Å². The van der Waals surface area contributed by atoms with Crippen LogP contribution in [0.15, 0.2) is 36.7 Å². The molecule has 6 nitrogen and oxygen atoms in total. The van der Waals surface area contributed by atoms with Crippen LogP contribution in [-0.2, 0) is 11.2 Å². The standard InChI is InChI=1S/C16H15N3O3/c1-2-18-15(20)6-5-11-8-13(12-4-3-7-17-10-12)9-14(16(11)18)19(21)22/h3-4,7-10H,2,5-6H2,1H3. The highest BCUT2D eigenvalue weighted by atomic mass is 16.6. The molecule has 2 heterocycles. The van der Waals surface area contributed by atoms with Gasteiger partial charge in [-0.3, -0.25) is 19.9 Å². The van der Waals surface area contributed by atoms with Crippen molar-refractivity contribution in [1.82, 2.24) is 4.98 Å². The molecule has 1 aromatic heterocycles. The van der Waals surface area contributed by atoms with Crippen LogP contribution in [0.3, 0.4) is 0 Å². The molecule has 1 aliphatic rings. The lowest BCUT2D eigenvalue weighted by Crippen LogP contribution is -2.35. The number of carbonyl (C=O) groups excluding carboxylic acids is 1. The molecule has 0 saturated carbocycles. The van der Waals surface area contributed by atoms with Crippen LogP contribution >= 0.6 is 0 Å². The summed E-state index contributed by atoms with van der Waals surface area (Å²) in [5.74, 6) is -0.0628. The minimum atomic E-state index is -0.417. The van der Waals surface area contributed by atoms with Crippen LogP contribution in [0.25, 0.3) is 11.1 Å². The molecule has 0 N–H and O–H groups in total. The molecule has 1 amide bonds. The molecule has 0 unspecified atom stereocenters. The van der Waals surface area contributed by atoms with Gasteiger partial charge in [-0.15, -0.1) is 0 Å². The maximum Gasteiger partial charge on any atom is 0.293 e. The van der Waals surface area contributed by atoms with Gasteiger partial charge in [0.2, 0.25) is 5.91 Å². The monoisotopic (exact) mass is 297 g/mol. The van der Waals surface area contributed by atoms with E-state index in [9.17, 15) is 14.9 Å². The van der Waals surface area contributed by atoms with Gasteiger partial charge in [0, 0.05) is 37.0 Å². The van der Waals surface area contributed by atoms with Gasteiger partial charge in [-0.1, -0.05) is 6.07 Å². The number of anilines is 1. The summed E-state index contributed by atoms with van der Waals surface area (Å²) in [7, 11) is 0. The third-order valence-electron chi connectivity index (χ3n) is 3.86. The van der Waals surface area contributed by atoms with Crippen LogP contribution in [-0.4, -0.2) is 22.4 Å². The SMILES string of the molecule is CCN1C(=O)CCc2cc(-c3cccnc3)cc([N+](=O)[O-])c21. The van der Waals surface area contributed by atoms with Crippen molar-refractivity contribution in [1.29, 1.82) is 0 Å². The molecule has 112 valence electrons. The number of aromatic nitrogens is 1. The van der Waals surface area contributed by atoms with Gasteiger partial charge in [0.05, 0.1) is 4.92 Å². The van der Waals surface area contributed by atoms with E-state index < -0.39 is 4.92 Å². The van der Waals surface area contributed by atoms with Gasteiger partial charge in [0.1, 0.15) is 5.69 Å². The summed E-state index contributed by atoms with van der Waals surface area (Å²) in [5.41, 5.74) is 2.84. The zero-order valence-corrected chi connectivity index (χ0v) is 12.2. The van der Waals surface area contributed by atoms with E-state index in [1.165, 1.54) is 11.0 Å². The Kier molecular flexibility index (Phi) is 3.58. The van der Waals surface area contributed by atoms with E-state index in [-0.39, 0.29) is 11.6 Å². The molecule has 3 rings (SSSR count). The molecule has 1 aromatic carbocycles. The van der Waals surface area contributed by atoms with Gasteiger partial charge in [-0.25, -0.2) is 0 Å². The van der Waals surface area contributed by atoms with E-state index in [4.69, 9.17) is 0 Å². The van der Waals surface area contributed by atoms with Crippen molar-refractivity contribution >= 4 is 17.3 Å². The van der Waals surface area contributed by atoms with E-state index in [1.54, 1.807) is 18.5 Å². The highest BCUT2D eigenvalue weighted by molar-refractivity contribution is 5.99. The molecule has 0 spiro atoms. The molecule has 22 heavy (non-hydrogen) atoms. The minimum absolute atomic E-state index is 0.0220. The molecule has 6 heteroatoms. The number of benzene rings is 1. The first-order chi connectivity index (χ1) is 10.6. The number of rotatable bonds is 3. The minimum Gasteiger partial charge on any atom is -0.306 e. The largest absolute Gasteiger partial charge is 0.306 e. The maximum absolute atomic E-state index is 12.0. The molecule has 0 radical (unpaired) electrons. The van der Waals surface area contributed by atoms with Gasteiger partial charge < -0.3 is 4.90 Å². The van der Waals surface area contributed by atoms with Crippen molar-refractivity contribution in [2.24, 2.45) is 0 Å². The fourth-order valence-corrected chi connectivity index (χ4v) is 2.86. The van der Waals surface area contributed by atoms with E-state index in [1.807, 2.05) is 19.1 Å². The average Bonchev–Trinajstić information content (AvgIpc) is 2.54. The fourth-order valence-electron chi connectivity index (χ4n) is 2.86. The maximum atomic E-state index is 12.0. The molecule has 0 aliphatic carbocycles. The van der Waals surface area contributed by atoms with Crippen molar-refractivity contribution in [3.8, 4) is 11.1 Å². The number of nitro benzene ring substituents is 1.